The Bertz CT molecular complexity index is 682. The Morgan fingerprint density at radius 1 is 1.29 bits per heavy atom. The molecule has 0 radical (unpaired) electrons. The summed E-state index contributed by atoms with van der Waals surface area (Å²) in [7, 11) is 1.86. The molecule has 5 nitrogen and oxygen atoms in total. The molecule has 0 aliphatic carbocycles. The highest BCUT2D eigenvalue weighted by Gasteiger charge is 2.18. The summed E-state index contributed by atoms with van der Waals surface area (Å²) in [5, 5.41) is 0. The fourth-order valence-corrected chi connectivity index (χ4v) is 2.38. The monoisotopic (exact) mass is 284 g/mol. The third-order valence-electron chi connectivity index (χ3n) is 3.42. The van der Waals surface area contributed by atoms with Crippen LogP contribution in [0, 0.1) is 13.8 Å². The highest BCUT2D eigenvalue weighted by Crippen LogP contribution is 2.28. The van der Waals surface area contributed by atoms with Crippen molar-refractivity contribution in [3.63, 3.8) is 0 Å². The van der Waals surface area contributed by atoms with Crippen molar-refractivity contribution in [2.45, 2.75) is 20.4 Å². The number of amides is 1. The Hall–Kier alpha value is -2.40. The van der Waals surface area contributed by atoms with Gasteiger partial charge in [-0.15, -0.1) is 0 Å². The van der Waals surface area contributed by atoms with E-state index >= 15 is 0 Å². The highest BCUT2D eigenvalue weighted by atomic mass is 16.1. The first-order valence-electron chi connectivity index (χ1n) is 6.74. The Kier molecular flexibility index (Phi) is 4.23. The highest BCUT2D eigenvalue weighted by molar-refractivity contribution is 6.00. The number of pyridine rings is 1. The second-order valence-corrected chi connectivity index (χ2v) is 5.08. The van der Waals surface area contributed by atoms with E-state index in [1.54, 1.807) is 0 Å². The minimum Gasteiger partial charge on any atom is -0.365 e. The van der Waals surface area contributed by atoms with Crippen LogP contribution in [-0.4, -0.2) is 17.9 Å². The lowest BCUT2D eigenvalue weighted by Crippen LogP contribution is -2.21. The van der Waals surface area contributed by atoms with Crippen LogP contribution in [0.1, 0.15) is 27.2 Å². The molecule has 2 aromatic rings. The van der Waals surface area contributed by atoms with E-state index in [9.17, 15) is 4.79 Å². The van der Waals surface area contributed by atoms with Gasteiger partial charge in [-0.1, -0.05) is 12.1 Å². The third-order valence-corrected chi connectivity index (χ3v) is 3.42. The topological polar surface area (TPSA) is 85.2 Å². The molecule has 0 aliphatic heterocycles. The van der Waals surface area contributed by atoms with Gasteiger partial charge in [-0.05, 0) is 43.2 Å². The van der Waals surface area contributed by atoms with Gasteiger partial charge in [0, 0.05) is 25.0 Å². The van der Waals surface area contributed by atoms with Gasteiger partial charge in [-0.25, -0.2) is 4.98 Å². The molecular formula is C16H20N4O. The zero-order chi connectivity index (χ0) is 15.6. The summed E-state index contributed by atoms with van der Waals surface area (Å²) >= 11 is 0. The lowest BCUT2D eigenvalue weighted by atomic mass is 10.1. The van der Waals surface area contributed by atoms with E-state index in [4.69, 9.17) is 11.5 Å². The number of benzene rings is 1. The van der Waals surface area contributed by atoms with Crippen LogP contribution in [-0.2, 0) is 6.54 Å². The Morgan fingerprint density at radius 3 is 2.62 bits per heavy atom. The molecule has 1 aromatic heterocycles. The number of rotatable bonds is 4. The van der Waals surface area contributed by atoms with Gasteiger partial charge in [0.2, 0.25) is 0 Å². The predicted molar refractivity (Wildman–Crippen MR) is 84.6 cm³/mol. The number of nitrogens with two attached hydrogens (primary N) is 2. The fourth-order valence-electron chi connectivity index (χ4n) is 2.38. The van der Waals surface area contributed by atoms with Crippen molar-refractivity contribution in [3.05, 3.63) is 52.7 Å². The van der Waals surface area contributed by atoms with Gasteiger partial charge in [-0.2, -0.15) is 0 Å². The maximum Gasteiger partial charge on any atom is 0.252 e. The van der Waals surface area contributed by atoms with Crippen LogP contribution in [0.25, 0.3) is 0 Å². The molecule has 0 bridgehead atoms. The van der Waals surface area contributed by atoms with Crippen molar-refractivity contribution in [3.8, 4) is 0 Å². The van der Waals surface area contributed by atoms with Gasteiger partial charge in [0.15, 0.2) is 0 Å². The molecule has 0 atom stereocenters. The molecule has 1 aromatic carbocycles. The van der Waals surface area contributed by atoms with Crippen LogP contribution >= 0.6 is 0 Å². The number of primary amides is 1. The van der Waals surface area contributed by atoms with Crippen molar-refractivity contribution < 1.29 is 4.79 Å². The quantitative estimate of drug-likeness (QED) is 0.899. The van der Waals surface area contributed by atoms with Crippen LogP contribution < -0.4 is 16.4 Å². The average Bonchev–Trinajstić information content (AvgIpc) is 2.45. The molecule has 0 spiro atoms. The van der Waals surface area contributed by atoms with Gasteiger partial charge in [0.1, 0.15) is 5.82 Å². The van der Waals surface area contributed by atoms with E-state index in [-0.39, 0.29) is 0 Å². The first-order valence-corrected chi connectivity index (χ1v) is 6.74. The van der Waals surface area contributed by atoms with Gasteiger partial charge in [0.05, 0.1) is 5.56 Å². The lowest BCUT2D eigenvalue weighted by Gasteiger charge is -2.22. The molecule has 5 heteroatoms. The summed E-state index contributed by atoms with van der Waals surface area (Å²) in [5.74, 6) is 0.0889. The standard InChI is InChI=1S/C16H20N4O/c1-10-7-11(2)19-16(14(10)15(18)21)20(3)13-6-4-5-12(8-13)9-17/h4-8H,9,17H2,1-3H3,(H2,18,21). The summed E-state index contributed by atoms with van der Waals surface area (Å²) in [6.07, 6.45) is 0. The van der Waals surface area contributed by atoms with Gasteiger partial charge in [0.25, 0.3) is 5.91 Å². The normalized spacial score (nSPS) is 10.5. The second kappa shape index (κ2) is 5.93. The zero-order valence-electron chi connectivity index (χ0n) is 12.6. The van der Waals surface area contributed by atoms with Crippen LogP contribution in [0.15, 0.2) is 30.3 Å². The van der Waals surface area contributed by atoms with Crippen molar-refractivity contribution in [1.82, 2.24) is 4.98 Å². The SMILES string of the molecule is Cc1cc(C)c(C(N)=O)c(N(C)c2cccc(CN)c2)n1. The summed E-state index contributed by atoms with van der Waals surface area (Å²) in [4.78, 5) is 18.1. The molecule has 2 rings (SSSR count). The van der Waals surface area contributed by atoms with Gasteiger partial charge in [-0.3, -0.25) is 4.79 Å². The molecule has 1 heterocycles. The number of anilines is 2. The summed E-state index contributed by atoms with van der Waals surface area (Å²) in [6, 6.07) is 9.67. The zero-order valence-corrected chi connectivity index (χ0v) is 12.6. The minimum atomic E-state index is -0.475. The van der Waals surface area contributed by atoms with Gasteiger partial charge < -0.3 is 16.4 Å². The van der Waals surface area contributed by atoms with Crippen LogP contribution in [0.5, 0.6) is 0 Å². The Morgan fingerprint density at radius 2 is 2.00 bits per heavy atom. The Balaban J connectivity index is 2.56. The number of aryl methyl sites for hydroxylation is 2. The molecule has 0 unspecified atom stereocenters. The first-order chi connectivity index (χ1) is 9.93. The molecule has 110 valence electrons. The third kappa shape index (κ3) is 3.03. The molecule has 0 fully saturated rings. The molecule has 0 aliphatic rings. The summed E-state index contributed by atoms with van der Waals surface area (Å²) in [6.45, 7) is 4.22. The lowest BCUT2D eigenvalue weighted by molar-refractivity contribution is 0.1000. The number of hydrogen-bond acceptors (Lipinski definition) is 4. The van der Waals surface area contributed by atoms with Crippen molar-refractivity contribution >= 4 is 17.4 Å². The Labute approximate surface area is 124 Å². The molecule has 1 amide bonds. The molecule has 0 saturated carbocycles. The number of hydrogen-bond donors (Lipinski definition) is 2. The maximum absolute atomic E-state index is 11.7. The minimum absolute atomic E-state index is 0.446. The first kappa shape index (κ1) is 15.0. The second-order valence-electron chi connectivity index (χ2n) is 5.08. The fraction of sp³-hybridized carbons (Fsp3) is 0.250. The van der Waals surface area contributed by atoms with Crippen molar-refractivity contribution in [2.75, 3.05) is 11.9 Å². The van der Waals surface area contributed by atoms with Crippen LogP contribution in [0.2, 0.25) is 0 Å². The smallest absolute Gasteiger partial charge is 0.252 e. The predicted octanol–water partition coefficient (Wildman–Crippen LogP) is 2.02. The number of nitrogens with zero attached hydrogens (tertiary/aromatic N) is 2. The van der Waals surface area contributed by atoms with E-state index in [1.807, 2.05) is 56.1 Å². The largest absolute Gasteiger partial charge is 0.365 e. The maximum atomic E-state index is 11.7. The number of carbonyl (C=O) groups excluding carboxylic acids is 1. The molecule has 4 N–H and O–H groups in total. The summed E-state index contributed by atoms with van der Waals surface area (Å²) < 4.78 is 0. The van der Waals surface area contributed by atoms with Gasteiger partial charge >= 0.3 is 0 Å². The van der Waals surface area contributed by atoms with Crippen molar-refractivity contribution in [1.29, 1.82) is 0 Å². The van der Waals surface area contributed by atoms with E-state index in [0.29, 0.717) is 17.9 Å². The van der Waals surface area contributed by atoms with E-state index < -0.39 is 5.91 Å². The van der Waals surface area contributed by atoms with Crippen molar-refractivity contribution in [2.24, 2.45) is 11.5 Å². The molecule has 0 saturated heterocycles. The molecular weight excluding hydrogens is 264 g/mol. The summed E-state index contributed by atoms with van der Waals surface area (Å²) in [5.41, 5.74) is 15.2. The van der Waals surface area contributed by atoms with Crippen LogP contribution in [0.3, 0.4) is 0 Å². The number of aromatic nitrogens is 1. The van der Waals surface area contributed by atoms with Crippen LogP contribution in [0.4, 0.5) is 11.5 Å². The average molecular weight is 284 g/mol. The van der Waals surface area contributed by atoms with E-state index in [2.05, 4.69) is 4.98 Å². The number of carbonyl (C=O) groups is 1. The van der Waals surface area contributed by atoms with E-state index in [0.717, 1.165) is 22.5 Å². The molecule has 21 heavy (non-hydrogen) atoms. The van der Waals surface area contributed by atoms with E-state index in [1.165, 1.54) is 0 Å².